The molecule has 29 heavy (non-hydrogen) atoms. The minimum Gasteiger partial charge on any atom is -0.462 e. The van der Waals surface area contributed by atoms with Crippen LogP contribution in [0.4, 0.5) is 0 Å². The number of carbonyl (C=O) groups is 2. The molecule has 0 N–H and O–H groups in total. The molecule has 4 nitrogen and oxygen atoms in total. The Morgan fingerprint density at radius 1 is 1.00 bits per heavy atom. The van der Waals surface area contributed by atoms with Crippen LogP contribution in [-0.2, 0) is 24.7 Å². The molecule has 1 aromatic carbocycles. The third-order valence-corrected chi connectivity index (χ3v) is 7.26. The lowest BCUT2D eigenvalue weighted by Gasteiger charge is -2.32. The van der Waals surface area contributed by atoms with Crippen LogP contribution in [0.3, 0.4) is 0 Å². The Labute approximate surface area is 184 Å². The van der Waals surface area contributed by atoms with E-state index in [4.69, 9.17) is 9.47 Å². The summed E-state index contributed by atoms with van der Waals surface area (Å²) in [7, 11) is 0. The van der Waals surface area contributed by atoms with Crippen LogP contribution in [0.5, 0.6) is 0 Å². The standard InChI is InChI=1S/C23H32O4S2/c1-6-22(2,3)21(25)26-19-9-13-7-14(19)8-18(13)20(24)27-23(4,5)15-10-16(28)12-17(29)11-15/h10-14,18-19,28-29H,6-9H2,1-5H3. The van der Waals surface area contributed by atoms with Gasteiger partial charge in [0.05, 0.1) is 11.3 Å². The van der Waals surface area contributed by atoms with Crippen LogP contribution in [0.15, 0.2) is 28.0 Å². The third-order valence-electron chi connectivity index (χ3n) is 6.74. The Morgan fingerprint density at radius 2 is 1.62 bits per heavy atom. The maximum absolute atomic E-state index is 13.0. The number of hydrogen-bond donors (Lipinski definition) is 2. The van der Waals surface area contributed by atoms with E-state index in [0.29, 0.717) is 0 Å². The molecule has 2 bridgehead atoms. The van der Waals surface area contributed by atoms with E-state index in [9.17, 15) is 9.59 Å². The number of carbonyl (C=O) groups excluding carboxylic acids is 2. The van der Waals surface area contributed by atoms with Gasteiger partial charge in [-0.1, -0.05) is 6.92 Å². The van der Waals surface area contributed by atoms with Crippen LogP contribution in [0.25, 0.3) is 0 Å². The molecular weight excluding hydrogens is 404 g/mol. The lowest BCUT2D eigenvalue weighted by molar-refractivity contribution is -0.168. The summed E-state index contributed by atoms with van der Waals surface area (Å²) in [5.74, 6) is 0.0612. The van der Waals surface area contributed by atoms with E-state index in [1.807, 2.05) is 52.8 Å². The Bertz CT molecular complexity index is 782. The summed E-state index contributed by atoms with van der Waals surface area (Å²) in [4.78, 5) is 27.0. The molecule has 2 saturated carbocycles. The number of fused-ring (bicyclic) bond motifs is 2. The highest BCUT2D eigenvalue weighted by molar-refractivity contribution is 7.81. The van der Waals surface area contributed by atoms with Gasteiger partial charge in [-0.25, -0.2) is 0 Å². The average molecular weight is 437 g/mol. The van der Waals surface area contributed by atoms with Gasteiger partial charge in [-0.3, -0.25) is 9.59 Å². The van der Waals surface area contributed by atoms with Gasteiger partial charge in [0.2, 0.25) is 0 Å². The smallest absolute Gasteiger partial charge is 0.311 e. The first-order valence-electron chi connectivity index (χ1n) is 10.4. The zero-order chi connectivity index (χ0) is 21.6. The fraction of sp³-hybridized carbons (Fsp3) is 0.652. The molecule has 2 aliphatic carbocycles. The van der Waals surface area contributed by atoms with Crippen LogP contribution in [0, 0.1) is 23.2 Å². The van der Waals surface area contributed by atoms with E-state index < -0.39 is 11.0 Å². The highest BCUT2D eigenvalue weighted by Crippen LogP contribution is 2.51. The number of benzene rings is 1. The summed E-state index contributed by atoms with van der Waals surface area (Å²) >= 11 is 8.80. The highest BCUT2D eigenvalue weighted by atomic mass is 32.1. The molecule has 0 amide bonds. The molecule has 2 fully saturated rings. The average Bonchev–Trinajstić information content (AvgIpc) is 3.20. The quantitative estimate of drug-likeness (QED) is 0.461. The summed E-state index contributed by atoms with van der Waals surface area (Å²) in [5.41, 5.74) is -0.343. The van der Waals surface area contributed by atoms with Crippen molar-refractivity contribution < 1.29 is 19.1 Å². The molecule has 4 unspecified atom stereocenters. The minimum atomic E-state index is -0.758. The van der Waals surface area contributed by atoms with Gasteiger partial charge >= 0.3 is 11.9 Å². The second-order valence-corrected chi connectivity index (χ2v) is 10.7. The maximum Gasteiger partial charge on any atom is 0.311 e. The van der Waals surface area contributed by atoms with Gasteiger partial charge in [-0.05, 0) is 89.0 Å². The summed E-state index contributed by atoms with van der Waals surface area (Å²) in [6.07, 6.45) is 3.09. The largest absolute Gasteiger partial charge is 0.462 e. The van der Waals surface area contributed by atoms with Gasteiger partial charge in [0.15, 0.2) is 0 Å². The SMILES string of the molecule is CCC(C)(C)C(=O)OC1CC2CC1CC2C(=O)OC(C)(C)c1cc(S)cc(S)c1. The van der Waals surface area contributed by atoms with Gasteiger partial charge in [-0.2, -0.15) is 0 Å². The Balaban J connectivity index is 1.61. The van der Waals surface area contributed by atoms with E-state index in [1.165, 1.54) is 0 Å². The lowest BCUT2D eigenvalue weighted by atomic mass is 9.86. The molecule has 160 valence electrons. The van der Waals surface area contributed by atoms with E-state index in [1.54, 1.807) is 0 Å². The normalized spacial score (nSPS) is 26.4. The minimum absolute atomic E-state index is 0.0667. The number of rotatable bonds is 6. The number of thiol groups is 2. The second-order valence-electron chi connectivity index (χ2n) is 9.68. The molecule has 0 aliphatic heterocycles. The maximum atomic E-state index is 13.0. The van der Waals surface area contributed by atoms with Crippen LogP contribution < -0.4 is 0 Å². The van der Waals surface area contributed by atoms with Crippen molar-refractivity contribution in [3.8, 4) is 0 Å². The van der Waals surface area contributed by atoms with Crippen molar-refractivity contribution in [3.63, 3.8) is 0 Å². The number of esters is 2. The first kappa shape index (κ1) is 22.5. The van der Waals surface area contributed by atoms with Gasteiger partial charge in [-0.15, -0.1) is 25.3 Å². The fourth-order valence-corrected chi connectivity index (χ4v) is 5.08. The molecular formula is C23H32O4S2. The zero-order valence-electron chi connectivity index (χ0n) is 17.9. The van der Waals surface area contributed by atoms with Crippen molar-refractivity contribution in [2.24, 2.45) is 23.2 Å². The summed E-state index contributed by atoms with van der Waals surface area (Å²) < 4.78 is 11.8. The topological polar surface area (TPSA) is 52.6 Å². The second kappa shape index (κ2) is 8.18. The molecule has 0 radical (unpaired) electrons. The van der Waals surface area contributed by atoms with Crippen LogP contribution in [0.2, 0.25) is 0 Å². The molecule has 1 aromatic rings. The molecule has 4 atom stereocenters. The highest BCUT2D eigenvalue weighted by Gasteiger charge is 2.52. The summed E-state index contributed by atoms with van der Waals surface area (Å²) in [6, 6.07) is 5.66. The lowest BCUT2D eigenvalue weighted by Crippen LogP contribution is -2.37. The first-order chi connectivity index (χ1) is 13.4. The van der Waals surface area contributed by atoms with Crippen LogP contribution in [-0.4, -0.2) is 18.0 Å². The van der Waals surface area contributed by atoms with Crippen molar-refractivity contribution in [2.75, 3.05) is 0 Å². The Hall–Kier alpha value is -1.14. The van der Waals surface area contributed by atoms with E-state index >= 15 is 0 Å². The monoisotopic (exact) mass is 436 g/mol. The van der Waals surface area contributed by atoms with Crippen molar-refractivity contribution in [2.45, 2.75) is 81.8 Å². The summed E-state index contributed by atoms with van der Waals surface area (Å²) in [5, 5.41) is 0. The van der Waals surface area contributed by atoms with Gasteiger partial charge in [0.25, 0.3) is 0 Å². The van der Waals surface area contributed by atoms with Gasteiger partial charge in [0.1, 0.15) is 11.7 Å². The third kappa shape index (κ3) is 4.79. The molecule has 3 rings (SSSR count). The van der Waals surface area contributed by atoms with Crippen molar-refractivity contribution in [3.05, 3.63) is 23.8 Å². The van der Waals surface area contributed by atoms with E-state index in [0.717, 1.165) is 41.0 Å². The molecule has 0 spiro atoms. The first-order valence-corrected chi connectivity index (χ1v) is 11.3. The predicted molar refractivity (Wildman–Crippen MR) is 118 cm³/mol. The Morgan fingerprint density at radius 3 is 2.14 bits per heavy atom. The molecule has 0 saturated heterocycles. The van der Waals surface area contributed by atoms with Crippen LogP contribution >= 0.6 is 25.3 Å². The zero-order valence-corrected chi connectivity index (χ0v) is 19.7. The van der Waals surface area contributed by atoms with Crippen LogP contribution in [0.1, 0.15) is 65.9 Å². The fourth-order valence-electron chi connectivity index (χ4n) is 4.43. The van der Waals surface area contributed by atoms with Crippen molar-refractivity contribution in [1.82, 2.24) is 0 Å². The molecule has 2 aliphatic rings. The molecule has 0 aromatic heterocycles. The predicted octanol–water partition coefficient (Wildman–Crippen LogP) is 5.44. The van der Waals surface area contributed by atoms with E-state index in [-0.39, 0.29) is 35.8 Å². The van der Waals surface area contributed by atoms with Crippen molar-refractivity contribution >= 4 is 37.2 Å². The summed E-state index contributed by atoms with van der Waals surface area (Å²) in [6.45, 7) is 9.62. The van der Waals surface area contributed by atoms with Gasteiger partial charge < -0.3 is 9.47 Å². The van der Waals surface area contributed by atoms with E-state index in [2.05, 4.69) is 25.3 Å². The van der Waals surface area contributed by atoms with Gasteiger partial charge in [0, 0.05) is 9.79 Å². The molecule has 6 heteroatoms. The number of hydrogen-bond acceptors (Lipinski definition) is 6. The molecule has 0 heterocycles. The van der Waals surface area contributed by atoms with Crippen molar-refractivity contribution in [1.29, 1.82) is 0 Å². The Kier molecular flexibility index (Phi) is 6.36. The number of ether oxygens (including phenoxy) is 2.